The number of hydrogen-bond acceptors (Lipinski definition) is 7. The largest absolute Gasteiger partial charge is 0.505 e. The summed E-state index contributed by atoms with van der Waals surface area (Å²) in [5, 5.41) is 25.0. The second-order valence-electron chi connectivity index (χ2n) is 3.68. The third kappa shape index (κ3) is 2.59. The van der Waals surface area contributed by atoms with Crippen LogP contribution in [-0.4, -0.2) is 23.0 Å². The van der Waals surface area contributed by atoms with Gasteiger partial charge in [0.2, 0.25) is 0 Å². The van der Waals surface area contributed by atoms with Gasteiger partial charge in [-0.05, 0) is 23.4 Å². The van der Waals surface area contributed by atoms with Crippen molar-refractivity contribution >= 4 is 17.4 Å². The van der Waals surface area contributed by atoms with Crippen molar-refractivity contribution in [3.8, 4) is 5.75 Å². The fourth-order valence-electron chi connectivity index (χ4n) is 1.43. The molecular weight excluding hydrogens is 257 g/mol. The van der Waals surface area contributed by atoms with Crippen LogP contribution in [0.5, 0.6) is 5.75 Å². The van der Waals surface area contributed by atoms with Crippen LogP contribution >= 0.6 is 0 Å². The van der Waals surface area contributed by atoms with E-state index in [1.807, 2.05) is 0 Å². The molecule has 2 rings (SSSR count). The molecule has 8 nitrogen and oxygen atoms in total. The number of aromatic hydroxyl groups is 1. The van der Waals surface area contributed by atoms with Crippen molar-refractivity contribution in [1.82, 2.24) is 0 Å². The third-order valence-electron chi connectivity index (χ3n) is 2.31. The summed E-state index contributed by atoms with van der Waals surface area (Å²) in [6.45, 7) is 1.17. The van der Waals surface area contributed by atoms with Gasteiger partial charge in [0.1, 0.15) is 11.6 Å². The van der Waals surface area contributed by atoms with Crippen molar-refractivity contribution in [2.45, 2.75) is 13.1 Å². The highest BCUT2D eigenvalue weighted by atomic mass is 19.1. The number of nitrogens with zero attached hydrogens (tertiary/aromatic N) is 4. The number of hydrogen-bond donors (Lipinski definition) is 2. The molecule has 0 radical (unpaired) electrons. The maximum atomic E-state index is 13.3. The molecule has 0 atom stereocenters. The molecule has 1 aromatic carbocycles. The van der Waals surface area contributed by atoms with Crippen LogP contribution in [-0.2, 0) is 4.79 Å². The molecule has 1 aliphatic heterocycles. The van der Waals surface area contributed by atoms with Gasteiger partial charge in [-0.2, -0.15) is 0 Å². The number of carbonyl (C=O) groups is 2. The van der Waals surface area contributed by atoms with Gasteiger partial charge in [0.05, 0.1) is 11.3 Å². The zero-order valence-corrected chi connectivity index (χ0v) is 9.66. The zero-order valence-electron chi connectivity index (χ0n) is 9.66. The smallest absolute Gasteiger partial charge is 0.275 e. The Bertz CT molecular complexity index is 601. The first kappa shape index (κ1) is 12.7. The summed E-state index contributed by atoms with van der Waals surface area (Å²) in [7, 11) is 0. The summed E-state index contributed by atoms with van der Waals surface area (Å²) in [5.74, 6) is -2.57. The highest BCUT2D eigenvalue weighted by Crippen LogP contribution is 2.29. The van der Waals surface area contributed by atoms with Gasteiger partial charge in [0.25, 0.3) is 12.1 Å². The quantitative estimate of drug-likeness (QED) is 0.641. The van der Waals surface area contributed by atoms with Gasteiger partial charge in [-0.1, -0.05) is 0 Å². The second kappa shape index (κ2) is 4.88. The summed E-state index contributed by atoms with van der Waals surface area (Å²) in [4.78, 5) is 22.8. The van der Waals surface area contributed by atoms with E-state index in [-0.39, 0.29) is 11.3 Å². The van der Waals surface area contributed by atoms with Crippen LogP contribution in [0.15, 0.2) is 32.8 Å². The predicted octanol–water partition coefficient (Wildman–Crippen LogP) is 1.83. The Morgan fingerprint density at radius 1 is 1.32 bits per heavy atom. The number of amides is 1. The van der Waals surface area contributed by atoms with Crippen LogP contribution in [0, 0.1) is 5.82 Å². The van der Waals surface area contributed by atoms with E-state index in [1.54, 1.807) is 0 Å². The standard InChI is InChI=1S/C10H8FN5O3/c1-4(17)6-2-5(11)3-7(8(6)18)12-10(19)9-13-15-16-14-9/h2-3,9,18H,1H3,(H,12,19). The molecule has 1 amide bonds. The van der Waals surface area contributed by atoms with Crippen LogP contribution in [0.4, 0.5) is 10.1 Å². The topological polar surface area (TPSA) is 116 Å². The van der Waals surface area contributed by atoms with Gasteiger partial charge in [-0.25, -0.2) is 4.39 Å². The maximum absolute atomic E-state index is 13.3. The average Bonchev–Trinajstić information content (AvgIpc) is 2.86. The van der Waals surface area contributed by atoms with Gasteiger partial charge in [-0.15, -0.1) is 10.2 Å². The normalized spacial score (nSPS) is 13.8. The van der Waals surface area contributed by atoms with Crippen molar-refractivity contribution in [2.75, 3.05) is 5.32 Å². The van der Waals surface area contributed by atoms with Gasteiger partial charge in [-0.3, -0.25) is 9.59 Å². The van der Waals surface area contributed by atoms with E-state index in [0.29, 0.717) is 0 Å². The van der Waals surface area contributed by atoms with Crippen LogP contribution in [0.3, 0.4) is 0 Å². The van der Waals surface area contributed by atoms with E-state index in [0.717, 1.165) is 12.1 Å². The van der Waals surface area contributed by atoms with Crippen LogP contribution in [0.2, 0.25) is 0 Å². The lowest BCUT2D eigenvalue weighted by Gasteiger charge is -2.10. The van der Waals surface area contributed by atoms with Crippen molar-refractivity contribution in [2.24, 2.45) is 20.7 Å². The first-order valence-corrected chi connectivity index (χ1v) is 5.13. The number of halogens is 1. The Labute approximate surface area is 106 Å². The summed E-state index contributed by atoms with van der Waals surface area (Å²) >= 11 is 0. The van der Waals surface area contributed by atoms with E-state index < -0.39 is 29.4 Å². The summed E-state index contributed by atoms with van der Waals surface area (Å²) in [6, 6.07) is 1.76. The highest BCUT2D eigenvalue weighted by molar-refractivity contribution is 6.02. The number of nitrogens with one attached hydrogen (secondary N) is 1. The molecular formula is C10H8FN5O3. The molecule has 98 valence electrons. The number of benzene rings is 1. The van der Waals surface area contributed by atoms with E-state index in [2.05, 4.69) is 26.0 Å². The zero-order chi connectivity index (χ0) is 14.0. The van der Waals surface area contributed by atoms with Crippen molar-refractivity contribution < 1.29 is 19.1 Å². The molecule has 0 saturated carbocycles. The Kier molecular flexibility index (Phi) is 3.27. The third-order valence-corrected chi connectivity index (χ3v) is 2.31. The first-order valence-electron chi connectivity index (χ1n) is 5.13. The Morgan fingerprint density at radius 2 is 1.95 bits per heavy atom. The molecule has 9 heteroatoms. The number of phenolic OH excluding ortho intramolecular Hbond substituents is 1. The lowest BCUT2D eigenvalue weighted by molar-refractivity contribution is -0.117. The predicted molar refractivity (Wildman–Crippen MR) is 60.2 cm³/mol. The highest BCUT2D eigenvalue weighted by Gasteiger charge is 2.22. The lowest BCUT2D eigenvalue weighted by atomic mass is 10.1. The average molecular weight is 265 g/mol. The number of anilines is 1. The van der Waals surface area contributed by atoms with Gasteiger partial charge in [0.15, 0.2) is 5.78 Å². The molecule has 0 aromatic heterocycles. The molecule has 1 aromatic rings. The molecule has 0 bridgehead atoms. The number of rotatable bonds is 3. The van der Waals surface area contributed by atoms with Gasteiger partial charge < -0.3 is 10.4 Å². The number of Topliss-reactive ketones (excluding diaryl/α,β-unsaturated/α-hetero) is 1. The number of ketones is 1. The van der Waals surface area contributed by atoms with E-state index >= 15 is 0 Å². The molecule has 19 heavy (non-hydrogen) atoms. The Balaban J connectivity index is 2.29. The number of phenols is 1. The Morgan fingerprint density at radius 3 is 2.53 bits per heavy atom. The molecule has 2 N–H and O–H groups in total. The second-order valence-corrected chi connectivity index (χ2v) is 3.68. The Hall–Kier alpha value is -2.71. The lowest BCUT2D eigenvalue weighted by Crippen LogP contribution is -2.23. The minimum Gasteiger partial charge on any atom is -0.505 e. The summed E-state index contributed by atoms with van der Waals surface area (Å²) in [6.07, 6.45) is -1.18. The summed E-state index contributed by atoms with van der Waals surface area (Å²) in [5.41, 5.74) is -0.475. The van der Waals surface area contributed by atoms with E-state index in [4.69, 9.17) is 0 Å². The minimum atomic E-state index is -1.18. The van der Waals surface area contributed by atoms with Crippen molar-refractivity contribution in [1.29, 1.82) is 0 Å². The molecule has 0 fully saturated rings. The molecule has 0 aliphatic carbocycles. The maximum Gasteiger partial charge on any atom is 0.275 e. The van der Waals surface area contributed by atoms with Gasteiger partial charge >= 0.3 is 0 Å². The minimum absolute atomic E-state index is 0.232. The molecule has 1 heterocycles. The van der Waals surface area contributed by atoms with E-state index in [1.165, 1.54) is 6.92 Å². The van der Waals surface area contributed by atoms with Crippen LogP contribution in [0.1, 0.15) is 17.3 Å². The van der Waals surface area contributed by atoms with Crippen LogP contribution < -0.4 is 5.32 Å². The van der Waals surface area contributed by atoms with E-state index in [9.17, 15) is 19.1 Å². The summed E-state index contributed by atoms with van der Waals surface area (Å²) < 4.78 is 13.3. The van der Waals surface area contributed by atoms with Crippen molar-refractivity contribution in [3.05, 3.63) is 23.5 Å². The monoisotopic (exact) mass is 265 g/mol. The molecule has 0 saturated heterocycles. The molecule has 1 aliphatic rings. The van der Waals surface area contributed by atoms with Crippen molar-refractivity contribution in [3.63, 3.8) is 0 Å². The SMILES string of the molecule is CC(=O)c1cc(F)cc(NC(=O)C2N=NN=N2)c1O. The van der Waals surface area contributed by atoms with Gasteiger partial charge in [0, 0.05) is 6.07 Å². The molecule has 0 spiro atoms. The number of carbonyl (C=O) groups excluding carboxylic acids is 2. The first-order chi connectivity index (χ1) is 8.99. The van der Waals surface area contributed by atoms with Crippen LogP contribution in [0.25, 0.3) is 0 Å². The fraction of sp³-hybridized carbons (Fsp3) is 0.200. The molecule has 0 unspecified atom stereocenters. The fourth-order valence-corrected chi connectivity index (χ4v) is 1.43.